The minimum atomic E-state index is -3.57. The van der Waals surface area contributed by atoms with Crippen molar-refractivity contribution in [2.24, 2.45) is 11.3 Å². The Hall–Kier alpha value is -0.580. The molecule has 0 aromatic carbocycles. The third kappa shape index (κ3) is 2.08. The monoisotopic (exact) mass is 219 g/mol. The van der Waals surface area contributed by atoms with Gasteiger partial charge in [-0.25, -0.2) is 8.42 Å². The smallest absolute Gasteiger partial charge is 0.329 e. The van der Waals surface area contributed by atoms with E-state index in [1.54, 1.807) is 0 Å². The predicted molar refractivity (Wildman–Crippen MR) is 54.8 cm³/mol. The van der Waals surface area contributed by atoms with Gasteiger partial charge in [0.1, 0.15) is 0 Å². The maximum atomic E-state index is 11.4. The highest BCUT2D eigenvalue weighted by molar-refractivity contribution is 8.05. The van der Waals surface area contributed by atoms with Crippen LogP contribution in [0, 0.1) is 11.3 Å². The maximum Gasteiger partial charge on any atom is 0.338 e. The summed E-state index contributed by atoms with van der Waals surface area (Å²) in [6.45, 7) is 7.20. The number of hydrogen-bond acceptors (Lipinski definition) is 3. The van der Waals surface area contributed by atoms with E-state index in [4.69, 9.17) is 0 Å². The van der Waals surface area contributed by atoms with Gasteiger partial charge in [-0.2, -0.15) is 0 Å². The normalized spacial score (nSPS) is 26.6. The number of hydrogen-bond donors (Lipinski definition) is 0. The summed E-state index contributed by atoms with van der Waals surface area (Å²) in [7, 11) is -3.57. The van der Waals surface area contributed by atoms with Crippen molar-refractivity contribution in [1.82, 2.24) is 4.90 Å². The Kier molecular flexibility index (Phi) is 2.65. The average molecular weight is 219 g/mol. The van der Waals surface area contributed by atoms with E-state index in [1.165, 1.54) is 4.90 Å². The first-order valence-corrected chi connectivity index (χ1v) is 6.53. The number of sulfone groups is 1. The number of nitrogens with zero attached hydrogens (tertiary/aromatic N) is 1. The number of carbonyl (C=O) groups excluding carboxylic acids is 1. The maximum absolute atomic E-state index is 11.4. The molecule has 1 amide bonds. The molecular weight excluding hydrogens is 202 g/mol. The first-order chi connectivity index (χ1) is 6.14. The standard InChI is InChI=1S/C9H17NO3S/c1-7-5-10(6-9(7,2)3)8(11)14(4,12)13/h7H,5-6H2,1-4H3. The molecule has 0 aliphatic carbocycles. The molecule has 0 bridgehead atoms. The van der Waals surface area contributed by atoms with Crippen LogP contribution in [0.5, 0.6) is 0 Å². The summed E-state index contributed by atoms with van der Waals surface area (Å²) < 4.78 is 22.1. The molecule has 14 heavy (non-hydrogen) atoms. The lowest BCUT2D eigenvalue weighted by Crippen LogP contribution is -2.33. The van der Waals surface area contributed by atoms with E-state index >= 15 is 0 Å². The molecule has 1 unspecified atom stereocenters. The van der Waals surface area contributed by atoms with Crippen LogP contribution in [0.25, 0.3) is 0 Å². The van der Waals surface area contributed by atoms with Crippen LogP contribution in [0.2, 0.25) is 0 Å². The quantitative estimate of drug-likeness (QED) is 0.613. The SMILES string of the molecule is CC1CN(C(=O)S(C)(=O)=O)CC1(C)C. The fourth-order valence-electron chi connectivity index (χ4n) is 1.66. The summed E-state index contributed by atoms with van der Waals surface area (Å²) in [6.07, 6.45) is 0.964. The molecule has 4 nitrogen and oxygen atoms in total. The molecule has 1 fully saturated rings. The van der Waals surface area contributed by atoms with Crippen LogP contribution >= 0.6 is 0 Å². The molecule has 5 heteroatoms. The minimum absolute atomic E-state index is 0.0142. The first kappa shape index (κ1) is 11.5. The molecule has 1 atom stereocenters. The molecule has 0 radical (unpaired) electrons. The zero-order valence-corrected chi connectivity index (χ0v) is 9.89. The van der Waals surface area contributed by atoms with E-state index in [0.29, 0.717) is 19.0 Å². The molecule has 1 aliphatic rings. The molecule has 1 saturated heterocycles. The van der Waals surface area contributed by atoms with E-state index in [0.717, 1.165) is 6.26 Å². The van der Waals surface area contributed by atoms with E-state index in [1.807, 2.05) is 20.8 Å². The van der Waals surface area contributed by atoms with Crippen molar-refractivity contribution < 1.29 is 13.2 Å². The van der Waals surface area contributed by atoms with Gasteiger partial charge in [-0.1, -0.05) is 20.8 Å². The Balaban J connectivity index is 2.82. The van der Waals surface area contributed by atoms with E-state index < -0.39 is 15.1 Å². The Bertz CT molecular complexity index is 345. The zero-order chi connectivity index (χ0) is 11.1. The van der Waals surface area contributed by atoms with E-state index in [9.17, 15) is 13.2 Å². The summed E-state index contributed by atoms with van der Waals surface area (Å²) in [4.78, 5) is 12.9. The Morgan fingerprint density at radius 1 is 1.43 bits per heavy atom. The molecule has 0 aromatic rings. The van der Waals surface area contributed by atoms with Crippen molar-refractivity contribution in [3.05, 3.63) is 0 Å². The van der Waals surface area contributed by atoms with Gasteiger partial charge in [0.15, 0.2) is 0 Å². The van der Waals surface area contributed by atoms with E-state index in [-0.39, 0.29) is 5.41 Å². The highest BCUT2D eigenvalue weighted by Crippen LogP contribution is 2.35. The Labute approximate surface area is 85.2 Å². The zero-order valence-electron chi connectivity index (χ0n) is 9.07. The highest BCUT2D eigenvalue weighted by atomic mass is 32.2. The van der Waals surface area contributed by atoms with Gasteiger partial charge in [0.2, 0.25) is 9.84 Å². The molecule has 0 spiro atoms. The molecule has 1 rings (SSSR count). The molecule has 0 N–H and O–H groups in total. The van der Waals surface area contributed by atoms with Crippen LogP contribution in [0.15, 0.2) is 0 Å². The third-order valence-electron chi connectivity index (χ3n) is 3.00. The number of likely N-dealkylation sites (tertiary alicyclic amines) is 1. The second kappa shape index (κ2) is 3.22. The lowest BCUT2D eigenvalue weighted by molar-refractivity contribution is 0.225. The summed E-state index contributed by atoms with van der Waals surface area (Å²) >= 11 is 0. The van der Waals surface area contributed by atoms with Crippen molar-refractivity contribution in [3.8, 4) is 0 Å². The highest BCUT2D eigenvalue weighted by Gasteiger charge is 2.40. The lowest BCUT2D eigenvalue weighted by Gasteiger charge is -2.21. The molecule has 0 saturated carbocycles. The molecule has 1 heterocycles. The predicted octanol–water partition coefficient (Wildman–Crippen LogP) is 1.13. The third-order valence-corrected chi connectivity index (χ3v) is 3.89. The van der Waals surface area contributed by atoms with Gasteiger partial charge in [0.25, 0.3) is 0 Å². The van der Waals surface area contributed by atoms with Gasteiger partial charge in [0, 0.05) is 19.3 Å². The van der Waals surface area contributed by atoms with Crippen LogP contribution < -0.4 is 0 Å². The van der Waals surface area contributed by atoms with Crippen molar-refractivity contribution >= 4 is 15.1 Å². The number of rotatable bonds is 0. The van der Waals surface area contributed by atoms with Gasteiger partial charge >= 0.3 is 5.24 Å². The number of carbonyl (C=O) groups is 1. The Morgan fingerprint density at radius 3 is 2.21 bits per heavy atom. The fourth-order valence-corrected chi connectivity index (χ4v) is 2.27. The minimum Gasteiger partial charge on any atom is -0.329 e. The van der Waals surface area contributed by atoms with Gasteiger partial charge in [-0.05, 0) is 11.3 Å². The van der Waals surface area contributed by atoms with E-state index in [2.05, 4.69) is 0 Å². The average Bonchev–Trinajstić information content (AvgIpc) is 2.23. The van der Waals surface area contributed by atoms with Crippen LogP contribution in [0.4, 0.5) is 4.79 Å². The van der Waals surface area contributed by atoms with Gasteiger partial charge < -0.3 is 4.90 Å². The largest absolute Gasteiger partial charge is 0.338 e. The van der Waals surface area contributed by atoms with Crippen molar-refractivity contribution in [2.75, 3.05) is 19.3 Å². The van der Waals surface area contributed by atoms with Gasteiger partial charge in [-0.15, -0.1) is 0 Å². The molecule has 82 valence electrons. The van der Waals surface area contributed by atoms with Crippen molar-refractivity contribution in [3.63, 3.8) is 0 Å². The van der Waals surface area contributed by atoms with Gasteiger partial charge in [-0.3, -0.25) is 4.79 Å². The van der Waals surface area contributed by atoms with Crippen molar-refractivity contribution in [2.45, 2.75) is 20.8 Å². The van der Waals surface area contributed by atoms with Crippen LogP contribution in [-0.4, -0.2) is 37.9 Å². The fraction of sp³-hybridized carbons (Fsp3) is 0.889. The molecule has 1 aliphatic heterocycles. The second-order valence-corrected chi connectivity index (χ2v) is 6.70. The lowest BCUT2D eigenvalue weighted by atomic mass is 9.84. The van der Waals surface area contributed by atoms with Crippen LogP contribution in [0.1, 0.15) is 20.8 Å². The summed E-state index contributed by atoms with van der Waals surface area (Å²) in [5.41, 5.74) is 0.0142. The van der Waals surface area contributed by atoms with Gasteiger partial charge in [0.05, 0.1) is 0 Å². The summed E-state index contributed by atoms with van der Waals surface area (Å²) in [5.74, 6) is 0.341. The van der Waals surface area contributed by atoms with Crippen LogP contribution in [-0.2, 0) is 9.84 Å². The Morgan fingerprint density at radius 2 is 1.93 bits per heavy atom. The molecule has 0 aromatic heterocycles. The van der Waals surface area contributed by atoms with Crippen LogP contribution in [0.3, 0.4) is 0 Å². The number of amides is 1. The van der Waals surface area contributed by atoms with Crippen molar-refractivity contribution in [1.29, 1.82) is 0 Å². The molecular formula is C9H17NO3S. The second-order valence-electron chi connectivity index (χ2n) is 4.81. The summed E-state index contributed by atoms with van der Waals surface area (Å²) in [5, 5.41) is -0.741. The summed E-state index contributed by atoms with van der Waals surface area (Å²) in [6, 6.07) is 0. The first-order valence-electron chi connectivity index (χ1n) is 4.63. The topological polar surface area (TPSA) is 54.5 Å².